The minimum Gasteiger partial charge on any atom is -0.495 e. The third-order valence-electron chi connectivity index (χ3n) is 5.27. The molecule has 2 aliphatic rings. The maximum Gasteiger partial charge on any atom is 0.172 e. The van der Waals surface area contributed by atoms with Gasteiger partial charge in [-0.15, -0.1) is 0 Å². The van der Waals surface area contributed by atoms with Gasteiger partial charge in [-0.1, -0.05) is 0 Å². The van der Waals surface area contributed by atoms with Gasteiger partial charge < -0.3 is 9.72 Å². The number of methoxy groups -OCH3 is 1. The monoisotopic (exact) mass is 431 g/mol. The first-order valence-corrected chi connectivity index (χ1v) is 9.11. The van der Waals surface area contributed by atoms with Crippen LogP contribution in [0.1, 0.15) is 44.7 Å². The lowest BCUT2D eigenvalue weighted by Gasteiger charge is -2.10. The largest absolute Gasteiger partial charge is 0.495 e. The van der Waals surface area contributed by atoms with Crippen LogP contribution in [0.15, 0.2) is 12.1 Å². The Morgan fingerprint density at radius 2 is 1.79 bits per heavy atom. The van der Waals surface area contributed by atoms with Gasteiger partial charge in [0.25, 0.3) is 0 Å². The summed E-state index contributed by atoms with van der Waals surface area (Å²) >= 11 is 2.24. The van der Waals surface area contributed by atoms with Crippen molar-refractivity contribution in [2.75, 3.05) is 7.11 Å². The lowest BCUT2D eigenvalue weighted by molar-refractivity contribution is 0.0923. The number of rotatable bonds is 1. The van der Waals surface area contributed by atoms with Crippen molar-refractivity contribution in [3.8, 4) is 5.75 Å². The van der Waals surface area contributed by atoms with Crippen molar-refractivity contribution in [1.82, 2.24) is 4.98 Å². The van der Waals surface area contributed by atoms with E-state index < -0.39 is 0 Å². The van der Waals surface area contributed by atoms with Gasteiger partial charge in [0, 0.05) is 16.5 Å². The molecule has 0 atom stereocenters. The molecule has 1 N–H and O–H groups in total. The smallest absolute Gasteiger partial charge is 0.172 e. The van der Waals surface area contributed by atoms with E-state index in [0.29, 0.717) is 11.1 Å². The second-order valence-electron chi connectivity index (χ2n) is 6.46. The lowest BCUT2D eigenvalue weighted by atomic mass is 9.93. The summed E-state index contributed by atoms with van der Waals surface area (Å²) in [5.74, 6) is 0.692. The number of H-pyrrole nitrogens is 1. The summed E-state index contributed by atoms with van der Waals surface area (Å²) in [6.45, 7) is 0. The fourth-order valence-electron chi connectivity index (χ4n) is 4.39. The third kappa shape index (κ3) is 1.63. The second-order valence-corrected chi connectivity index (χ2v) is 7.62. The molecular weight excluding hydrogens is 417 g/mol. The molecule has 0 spiro atoms. The van der Waals surface area contributed by atoms with E-state index in [1.807, 2.05) is 12.1 Å². The Morgan fingerprint density at radius 3 is 2.58 bits per heavy atom. The van der Waals surface area contributed by atoms with Crippen LogP contribution in [0, 0.1) is 3.57 Å². The average molecular weight is 431 g/mol. The van der Waals surface area contributed by atoms with Crippen LogP contribution in [-0.4, -0.2) is 23.7 Å². The highest BCUT2D eigenvalue weighted by Crippen LogP contribution is 2.45. The standard InChI is InChI=1S/C19H14INO3/c1-24-19-10(20)5-6-11-15(19)17-16-13(23)7-12(22)14(16)8-3-2-4-9(8)18(17)21-11/h5-6,21H,2-4,7H2,1H3. The number of aryl methyl sites for hydroxylation is 1. The summed E-state index contributed by atoms with van der Waals surface area (Å²) in [7, 11) is 1.65. The number of fused-ring (bicyclic) bond motifs is 8. The van der Waals surface area contributed by atoms with Crippen LogP contribution in [0.3, 0.4) is 0 Å². The number of carbonyl (C=O) groups excluding carboxylic acids is 2. The number of hydrogen-bond donors (Lipinski definition) is 1. The molecule has 0 bridgehead atoms. The van der Waals surface area contributed by atoms with E-state index >= 15 is 0 Å². The molecule has 2 aromatic carbocycles. The quantitative estimate of drug-likeness (QED) is 0.465. The van der Waals surface area contributed by atoms with Gasteiger partial charge in [0.05, 0.1) is 33.5 Å². The number of aromatic amines is 1. The molecule has 3 aromatic rings. The van der Waals surface area contributed by atoms with Gasteiger partial charge in [-0.3, -0.25) is 9.59 Å². The average Bonchev–Trinajstić information content (AvgIpc) is 3.22. The highest BCUT2D eigenvalue weighted by atomic mass is 127. The minimum atomic E-state index is -0.0588. The predicted octanol–water partition coefficient (Wildman–Crippen LogP) is 4.19. The molecule has 5 rings (SSSR count). The third-order valence-corrected chi connectivity index (χ3v) is 6.12. The number of benzene rings is 2. The first-order chi connectivity index (χ1) is 11.6. The van der Waals surface area contributed by atoms with Crippen LogP contribution in [0.25, 0.3) is 21.8 Å². The predicted molar refractivity (Wildman–Crippen MR) is 100 cm³/mol. The van der Waals surface area contributed by atoms with Gasteiger partial charge in [-0.2, -0.15) is 0 Å². The number of hydrogen-bond acceptors (Lipinski definition) is 3. The molecule has 0 amide bonds. The molecule has 120 valence electrons. The Balaban J connectivity index is 2.10. The Labute approximate surface area is 151 Å². The van der Waals surface area contributed by atoms with Crippen LogP contribution in [0.4, 0.5) is 0 Å². The van der Waals surface area contributed by atoms with Gasteiger partial charge >= 0.3 is 0 Å². The van der Waals surface area contributed by atoms with Crippen LogP contribution >= 0.6 is 22.6 Å². The van der Waals surface area contributed by atoms with Crippen LogP contribution in [-0.2, 0) is 12.8 Å². The molecule has 0 fully saturated rings. The van der Waals surface area contributed by atoms with Crippen molar-refractivity contribution in [3.05, 3.63) is 38.0 Å². The molecule has 5 heteroatoms. The zero-order valence-electron chi connectivity index (χ0n) is 13.1. The number of carbonyl (C=O) groups is 2. The van der Waals surface area contributed by atoms with Crippen molar-refractivity contribution >= 4 is 56.0 Å². The molecule has 2 aliphatic carbocycles. The summed E-state index contributed by atoms with van der Waals surface area (Å²) in [6.07, 6.45) is 2.87. The topological polar surface area (TPSA) is 59.2 Å². The summed E-state index contributed by atoms with van der Waals surface area (Å²) < 4.78 is 6.64. The van der Waals surface area contributed by atoms with Gasteiger partial charge in [0.1, 0.15) is 5.75 Å². The molecule has 0 radical (unpaired) electrons. The molecule has 1 aromatic heterocycles. The van der Waals surface area contributed by atoms with Crippen molar-refractivity contribution in [2.24, 2.45) is 0 Å². The van der Waals surface area contributed by atoms with E-state index in [1.54, 1.807) is 7.11 Å². The van der Waals surface area contributed by atoms with Crippen LogP contribution in [0.2, 0.25) is 0 Å². The first-order valence-electron chi connectivity index (χ1n) is 8.03. The van der Waals surface area contributed by atoms with E-state index in [1.165, 1.54) is 5.56 Å². The SMILES string of the molecule is COc1c(I)ccc2[nH]c3c4c(c5c(c3c12)C(=O)CC5=O)CCC4. The van der Waals surface area contributed by atoms with Crippen molar-refractivity contribution < 1.29 is 14.3 Å². The number of Topliss-reactive ketones (excluding diaryl/α,β-unsaturated/α-hetero) is 2. The van der Waals surface area contributed by atoms with Gasteiger partial charge in [-0.25, -0.2) is 0 Å². The Bertz CT molecular complexity index is 1090. The molecule has 24 heavy (non-hydrogen) atoms. The molecular formula is C19H14INO3. The van der Waals surface area contributed by atoms with E-state index in [2.05, 4.69) is 27.6 Å². The fourth-order valence-corrected chi connectivity index (χ4v) is 5.06. The molecule has 4 nitrogen and oxygen atoms in total. The molecule has 0 aliphatic heterocycles. The van der Waals surface area contributed by atoms with Gasteiger partial charge in [-0.05, 0) is 65.1 Å². The highest BCUT2D eigenvalue weighted by molar-refractivity contribution is 14.1. The summed E-state index contributed by atoms with van der Waals surface area (Å²) in [5.41, 5.74) is 5.56. The number of ketones is 2. The maximum absolute atomic E-state index is 12.6. The van der Waals surface area contributed by atoms with E-state index in [9.17, 15) is 9.59 Å². The van der Waals surface area contributed by atoms with E-state index in [-0.39, 0.29) is 18.0 Å². The van der Waals surface area contributed by atoms with Gasteiger partial charge in [0.2, 0.25) is 0 Å². The normalized spacial score (nSPS) is 16.2. The molecule has 0 unspecified atom stereocenters. The molecule has 1 heterocycles. The highest BCUT2D eigenvalue weighted by Gasteiger charge is 2.37. The van der Waals surface area contributed by atoms with Crippen LogP contribution in [0.5, 0.6) is 5.75 Å². The lowest BCUT2D eigenvalue weighted by Crippen LogP contribution is -2.00. The molecule has 0 saturated carbocycles. The maximum atomic E-state index is 12.6. The van der Waals surface area contributed by atoms with E-state index in [4.69, 9.17) is 4.74 Å². The van der Waals surface area contributed by atoms with Gasteiger partial charge in [0.15, 0.2) is 11.6 Å². The summed E-state index contributed by atoms with van der Waals surface area (Å²) in [5, 5.41) is 1.81. The summed E-state index contributed by atoms with van der Waals surface area (Å²) in [6, 6.07) is 4.03. The fraction of sp³-hybridized carbons (Fsp3) is 0.263. The molecule has 0 saturated heterocycles. The number of aromatic nitrogens is 1. The van der Waals surface area contributed by atoms with Crippen LogP contribution < -0.4 is 4.74 Å². The number of ether oxygens (including phenoxy) is 1. The summed E-state index contributed by atoms with van der Waals surface area (Å²) in [4.78, 5) is 28.6. The first kappa shape index (κ1) is 14.5. The number of nitrogens with one attached hydrogen (secondary N) is 1. The zero-order valence-corrected chi connectivity index (χ0v) is 15.2. The minimum absolute atomic E-state index is 0.000197. The second kappa shape index (κ2) is 4.81. The Hall–Kier alpha value is -1.89. The number of halogens is 1. The Kier molecular flexibility index (Phi) is 2.90. The zero-order chi connectivity index (χ0) is 16.6. The van der Waals surface area contributed by atoms with Crippen molar-refractivity contribution in [1.29, 1.82) is 0 Å². The van der Waals surface area contributed by atoms with Crippen molar-refractivity contribution in [3.63, 3.8) is 0 Å². The van der Waals surface area contributed by atoms with E-state index in [0.717, 1.165) is 56.0 Å². The van der Waals surface area contributed by atoms with Crippen molar-refractivity contribution in [2.45, 2.75) is 25.7 Å². The Morgan fingerprint density at radius 1 is 1.04 bits per heavy atom.